The summed E-state index contributed by atoms with van der Waals surface area (Å²) in [4.78, 5) is 4.48. The van der Waals surface area contributed by atoms with Crippen molar-refractivity contribution in [3.8, 4) is 6.01 Å². The van der Waals surface area contributed by atoms with E-state index in [1.807, 2.05) is 12.1 Å². The molecule has 1 aliphatic carbocycles. The molecule has 22 heavy (non-hydrogen) atoms. The number of hydrogen-bond donors (Lipinski definition) is 0. The third-order valence-electron chi connectivity index (χ3n) is 4.28. The van der Waals surface area contributed by atoms with Crippen molar-refractivity contribution < 1.29 is 9.47 Å². The van der Waals surface area contributed by atoms with Gasteiger partial charge in [0.2, 0.25) is 5.65 Å². The number of benzene rings is 1. The van der Waals surface area contributed by atoms with Crippen molar-refractivity contribution in [3.63, 3.8) is 0 Å². The van der Waals surface area contributed by atoms with Gasteiger partial charge in [0.15, 0.2) is 0 Å². The molecule has 1 saturated carbocycles. The summed E-state index contributed by atoms with van der Waals surface area (Å²) in [6.07, 6.45) is 2.21. The molecule has 0 N–H and O–H groups in total. The van der Waals surface area contributed by atoms with Gasteiger partial charge in [-0.05, 0) is 31.0 Å². The summed E-state index contributed by atoms with van der Waals surface area (Å²) in [5, 5.41) is 9.51. The number of nitrogens with zero attached hydrogens (tertiary/aromatic N) is 4. The monoisotopic (exact) mass is 362 g/mol. The van der Waals surface area contributed by atoms with E-state index in [1.165, 1.54) is 0 Å². The second-order valence-electron chi connectivity index (χ2n) is 5.49. The highest BCUT2D eigenvalue weighted by Crippen LogP contribution is 2.40. The number of aromatic nitrogens is 4. The van der Waals surface area contributed by atoms with Crippen LogP contribution in [0.15, 0.2) is 22.7 Å². The third-order valence-corrected chi connectivity index (χ3v) is 4.77. The largest absolute Gasteiger partial charge is 0.468 e. The molecule has 6 nitrogen and oxygen atoms in total. The first kappa shape index (κ1) is 13.9. The van der Waals surface area contributed by atoms with Gasteiger partial charge in [0.25, 0.3) is 6.01 Å². The number of ether oxygens (including phenoxy) is 2. The molecule has 0 unspecified atom stereocenters. The van der Waals surface area contributed by atoms with Gasteiger partial charge >= 0.3 is 0 Å². The molecule has 0 aliphatic heterocycles. The van der Waals surface area contributed by atoms with Gasteiger partial charge in [-0.1, -0.05) is 15.9 Å². The van der Waals surface area contributed by atoms with Gasteiger partial charge in [0, 0.05) is 23.0 Å². The van der Waals surface area contributed by atoms with Crippen molar-refractivity contribution in [1.82, 2.24) is 19.7 Å². The first-order valence-electron chi connectivity index (χ1n) is 7.12. The van der Waals surface area contributed by atoms with E-state index in [0.29, 0.717) is 23.8 Å². The van der Waals surface area contributed by atoms with Crippen molar-refractivity contribution in [2.24, 2.45) is 0 Å². The minimum Gasteiger partial charge on any atom is -0.468 e. The summed E-state index contributed by atoms with van der Waals surface area (Å²) < 4.78 is 14.0. The van der Waals surface area contributed by atoms with Crippen molar-refractivity contribution in [2.75, 3.05) is 14.2 Å². The zero-order chi connectivity index (χ0) is 15.3. The fourth-order valence-electron chi connectivity index (χ4n) is 3.03. The van der Waals surface area contributed by atoms with E-state index in [1.54, 1.807) is 14.2 Å². The fourth-order valence-corrected chi connectivity index (χ4v) is 3.39. The number of hydrogen-bond acceptors (Lipinski definition) is 5. The van der Waals surface area contributed by atoms with Gasteiger partial charge in [0.1, 0.15) is 5.52 Å². The van der Waals surface area contributed by atoms with Crippen molar-refractivity contribution in [2.45, 2.75) is 25.0 Å². The molecule has 0 atom stereocenters. The van der Waals surface area contributed by atoms with Gasteiger partial charge in [-0.3, -0.25) is 4.57 Å². The molecular formula is C15H15BrN4O2. The molecule has 0 radical (unpaired) electrons. The molecule has 114 valence electrons. The number of halogens is 1. The molecule has 1 aromatic carbocycles. The Labute approximate surface area is 135 Å². The Morgan fingerprint density at radius 2 is 2.05 bits per heavy atom. The van der Waals surface area contributed by atoms with E-state index in [4.69, 9.17) is 9.47 Å². The fraction of sp³-hybridized carbons (Fsp3) is 0.400. The van der Waals surface area contributed by atoms with Crippen LogP contribution >= 0.6 is 15.9 Å². The third kappa shape index (κ3) is 1.99. The Morgan fingerprint density at radius 1 is 1.23 bits per heavy atom. The van der Waals surface area contributed by atoms with Crippen LogP contribution < -0.4 is 4.74 Å². The standard InChI is InChI=1S/C15H15BrN4O2/c1-21-10-6-9(7-10)20-13-11-5-8(16)3-4-12(11)18-19-14(13)17-15(20)22-2/h3-5,9-10H,6-7H2,1-2H3/t9-,10+. The predicted octanol–water partition coefficient (Wildman–Crippen LogP) is 3.10. The van der Waals surface area contributed by atoms with E-state index in [-0.39, 0.29) is 0 Å². The van der Waals surface area contributed by atoms with Crippen LogP contribution in [0.25, 0.3) is 22.1 Å². The molecule has 1 aliphatic rings. The first-order valence-corrected chi connectivity index (χ1v) is 7.91. The molecule has 4 rings (SSSR count). The maximum atomic E-state index is 5.47. The summed E-state index contributed by atoms with van der Waals surface area (Å²) >= 11 is 3.53. The van der Waals surface area contributed by atoms with Gasteiger partial charge in [-0.25, -0.2) is 0 Å². The lowest BCUT2D eigenvalue weighted by molar-refractivity contribution is 0.00545. The maximum absolute atomic E-state index is 5.47. The Kier molecular flexibility index (Phi) is 3.27. The van der Waals surface area contributed by atoms with E-state index in [9.17, 15) is 0 Å². The maximum Gasteiger partial charge on any atom is 0.298 e. The molecule has 0 saturated heterocycles. The average molecular weight is 363 g/mol. The van der Waals surface area contributed by atoms with Gasteiger partial charge in [-0.2, -0.15) is 4.98 Å². The Morgan fingerprint density at radius 3 is 2.77 bits per heavy atom. The van der Waals surface area contributed by atoms with E-state index in [2.05, 4.69) is 41.7 Å². The van der Waals surface area contributed by atoms with Crippen LogP contribution in [0.2, 0.25) is 0 Å². The van der Waals surface area contributed by atoms with E-state index < -0.39 is 0 Å². The second kappa shape index (κ2) is 5.17. The highest BCUT2D eigenvalue weighted by Gasteiger charge is 2.34. The first-order chi connectivity index (χ1) is 10.7. The van der Waals surface area contributed by atoms with Crippen LogP contribution in [0.4, 0.5) is 0 Å². The van der Waals surface area contributed by atoms with Crippen LogP contribution in [-0.2, 0) is 4.74 Å². The van der Waals surface area contributed by atoms with Crippen molar-refractivity contribution in [1.29, 1.82) is 0 Å². The van der Waals surface area contributed by atoms with Crippen molar-refractivity contribution in [3.05, 3.63) is 22.7 Å². The summed E-state index contributed by atoms with van der Waals surface area (Å²) in [5.74, 6) is 0. The molecule has 0 spiro atoms. The molecule has 7 heteroatoms. The topological polar surface area (TPSA) is 62.1 Å². The highest BCUT2D eigenvalue weighted by atomic mass is 79.9. The molecule has 1 fully saturated rings. The van der Waals surface area contributed by atoms with Gasteiger partial charge in [-0.15, -0.1) is 10.2 Å². The predicted molar refractivity (Wildman–Crippen MR) is 86.1 cm³/mol. The lowest BCUT2D eigenvalue weighted by Gasteiger charge is -2.35. The molecule has 2 aromatic heterocycles. The molecule has 3 aromatic rings. The summed E-state index contributed by atoms with van der Waals surface area (Å²) in [6, 6.07) is 6.86. The SMILES string of the molecule is COc1nc2nnc3ccc(Br)cc3c2n1[C@H]1C[C@@H](OC)C1. The quantitative estimate of drug-likeness (QED) is 0.716. The van der Waals surface area contributed by atoms with Gasteiger partial charge in [0.05, 0.1) is 18.7 Å². The van der Waals surface area contributed by atoms with Crippen LogP contribution in [0.5, 0.6) is 6.01 Å². The molecule has 0 bridgehead atoms. The van der Waals surface area contributed by atoms with Crippen molar-refractivity contribution >= 4 is 38.0 Å². The number of rotatable bonds is 3. The number of methoxy groups -OCH3 is 2. The Balaban J connectivity index is 1.98. The van der Waals surface area contributed by atoms with E-state index in [0.717, 1.165) is 33.7 Å². The summed E-state index contributed by atoms with van der Waals surface area (Å²) in [7, 11) is 3.39. The second-order valence-corrected chi connectivity index (χ2v) is 6.40. The smallest absolute Gasteiger partial charge is 0.298 e. The van der Waals surface area contributed by atoms with Crippen LogP contribution in [0, 0.1) is 0 Å². The zero-order valence-corrected chi connectivity index (χ0v) is 13.9. The summed E-state index contributed by atoms with van der Waals surface area (Å²) in [6.45, 7) is 0. The normalized spacial score (nSPS) is 21.2. The van der Waals surface area contributed by atoms with Crippen LogP contribution in [0.3, 0.4) is 0 Å². The highest BCUT2D eigenvalue weighted by molar-refractivity contribution is 9.10. The number of imidazole rings is 1. The Hall–Kier alpha value is -1.73. The summed E-state index contributed by atoms with van der Waals surface area (Å²) in [5.41, 5.74) is 2.44. The molecule has 0 amide bonds. The van der Waals surface area contributed by atoms with Crippen LogP contribution in [0.1, 0.15) is 18.9 Å². The molecule has 2 heterocycles. The van der Waals surface area contributed by atoms with Crippen LogP contribution in [-0.4, -0.2) is 40.1 Å². The molecular weight excluding hydrogens is 348 g/mol. The number of fused-ring (bicyclic) bond motifs is 3. The van der Waals surface area contributed by atoms with Gasteiger partial charge < -0.3 is 9.47 Å². The lowest BCUT2D eigenvalue weighted by Crippen LogP contribution is -2.32. The lowest BCUT2D eigenvalue weighted by atomic mass is 9.89. The van der Waals surface area contributed by atoms with E-state index >= 15 is 0 Å². The zero-order valence-electron chi connectivity index (χ0n) is 12.3. The minimum atomic E-state index is 0.306. The average Bonchev–Trinajstić information content (AvgIpc) is 2.85. The Bertz CT molecular complexity index is 857. The minimum absolute atomic E-state index is 0.306.